The van der Waals surface area contributed by atoms with Crippen LogP contribution in [0.5, 0.6) is 0 Å². The van der Waals surface area contributed by atoms with Crippen LogP contribution in [0.15, 0.2) is 6.07 Å². The molecule has 2 aromatic carbocycles. The van der Waals surface area contributed by atoms with E-state index in [2.05, 4.69) is 0 Å². The van der Waals surface area contributed by atoms with Gasteiger partial charge in [-0.2, -0.15) is 0 Å². The Morgan fingerprint density at radius 3 is 1.48 bits per heavy atom. The fourth-order valence-electron chi connectivity index (χ4n) is 3.69. The van der Waals surface area contributed by atoms with Crippen LogP contribution in [0.1, 0.15) is 70.8 Å². The van der Waals surface area contributed by atoms with Crippen molar-refractivity contribution in [1.82, 2.24) is 0 Å². The van der Waals surface area contributed by atoms with Crippen molar-refractivity contribution in [3.8, 4) is 0 Å². The Morgan fingerprint density at radius 2 is 0.957 bits per heavy atom. The highest BCUT2D eigenvalue weighted by atomic mass is 16.1. The van der Waals surface area contributed by atoms with Crippen LogP contribution in [-0.2, 0) is 0 Å². The summed E-state index contributed by atoms with van der Waals surface area (Å²) in [5, 5.41) is 0. The van der Waals surface area contributed by atoms with Crippen LogP contribution in [-0.4, -0.2) is 11.6 Å². The molecule has 0 N–H and O–H groups in total. The molecule has 2 aromatic rings. The molecule has 2 heteroatoms. The molecular formula is C21H22O2. The van der Waals surface area contributed by atoms with E-state index < -0.39 is 0 Å². The van der Waals surface area contributed by atoms with Gasteiger partial charge in [-0.05, 0) is 93.5 Å². The SMILES string of the molecule is Cc1cc2c(c(C)c1C)C(=O)c1c(C)c(C)c(C)c(C)c1C2=O. The first-order valence-corrected chi connectivity index (χ1v) is 7.99. The number of carbonyl (C=O) groups is 2. The fraction of sp³-hybridized carbons (Fsp3) is 0.333. The van der Waals surface area contributed by atoms with Gasteiger partial charge in [0.05, 0.1) is 0 Å². The van der Waals surface area contributed by atoms with E-state index in [1.54, 1.807) is 0 Å². The topological polar surface area (TPSA) is 34.1 Å². The van der Waals surface area contributed by atoms with E-state index in [0.717, 1.165) is 38.9 Å². The predicted molar refractivity (Wildman–Crippen MR) is 92.9 cm³/mol. The van der Waals surface area contributed by atoms with Gasteiger partial charge in [-0.25, -0.2) is 0 Å². The first-order chi connectivity index (χ1) is 10.7. The minimum atomic E-state index is -0.00972. The summed E-state index contributed by atoms with van der Waals surface area (Å²) in [4.78, 5) is 26.4. The van der Waals surface area contributed by atoms with Crippen LogP contribution >= 0.6 is 0 Å². The molecule has 0 unspecified atom stereocenters. The number of carbonyl (C=O) groups excluding carboxylic acids is 2. The molecule has 1 aliphatic carbocycles. The summed E-state index contributed by atoms with van der Waals surface area (Å²) in [6, 6.07) is 1.88. The number of aryl methyl sites for hydroxylation is 1. The molecule has 0 radical (unpaired) electrons. The smallest absolute Gasteiger partial charge is 0.195 e. The van der Waals surface area contributed by atoms with Crippen molar-refractivity contribution >= 4 is 11.6 Å². The lowest BCUT2D eigenvalue weighted by molar-refractivity contribution is 0.0977. The van der Waals surface area contributed by atoms with E-state index in [1.807, 2.05) is 54.5 Å². The van der Waals surface area contributed by atoms with E-state index in [1.165, 1.54) is 0 Å². The lowest BCUT2D eigenvalue weighted by Gasteiger charge is -2.26. The van der Waals surface area contributed by atoms with Gasteiger partial charge in [0.25, 0.3) is 0 Å². The number of rotatable bonds is 0. The molecule has 0 bridgehead atoms. The van der Waals surface area contributed by atoms with Gasteiger partial charge >= 0.3 is 0 Å². The Hall–Kier alpha value is -2.22. The van der Waals surface area contributed by atoms with Gasteiger partial charge in [0.2, 0.25) is 0 Å². The molecule has 0 saturated heterocycles. The standard InChI is InChI=1S/C21H22O2/c1-9-8-16-17(13(5)10(9)2)21(23)19-15(7)12(4)11(3)14(6)18(19)20(16)22/h8H,1-7H3. The van der Waals surface area contributed by atoms with Crippen molar-refractivity contribution in [2.75, 3.05) is 0 Å². The molecule has 2 nitrogen and oxygen atoms in total. The fourth-order valence-corrected chi connectivity index (χ4v) is 3.69. The average molecular weight is 306 g/mol. The Morgan fingerprint density at radius 1 is 0.522 bits per heavy atom. The summed E-state index contributed by atoms with van der Waals surface area (Å²) in [6.07, 6.45) is 0. The summed E-state index contributed by atoms with van der Waals surface area (Å²) in [5.74, 6) is -0.0107. The maximum atomic E-state index is 13.2. The van der Waals surface area contributed by atoms with E-state index in [4.69, 9.17) is 0 Å². The van der Waals surface area contributed by atoms with E-state index in [0.29, 0.717) is 22.3 Å². The molecule has 118 valence electrons. The molecule has 23 heavy (non-hydrogen) atoms. The van der Waals surface area contributed by atoms with Gasteiger partial charge in [0.15, 0.2) is 11.6 Å². The van der Waals surface area contributed by atoms with Crippen LogP contribution in [0, 0.1) is 48.5 Å². The average Bonchev–Trinajstić information content (AvgIpc) is 2.51. The first kappa shape index (κ1) is 15.7. The Bertz CT molecular complexity index is 915. The van der Waals surface area contributed by atoms with Gasteiger partial charge in [0.1, 0.15) is 0 Å². The summed E-state index contributed by atoms with van der Waals surface area (Å²) >= 11 is 0. The Balaban J connectivity index is 2.48. The molecular weight excluding hydrogens is 284 g/mol. The van der Waals surface area contributed by atoms with Crippen molar-refractivity contribution < 1.29 is 9.59 Å². The highest BCUT2D eigenvalue weighted by Crippen LogP contribution is 2.37. The minimum Gasteiger partial charge on any atom is -0.289 e. The maximum absolute atomic E-state index is 13.2. The maximum Gasteiger partial charge on any atom is 0.195 e. The zero-order chi connectivity index (χ0) is 17.2. The number of fused-ring (bicyclic) bond motifs is 2. The largest absolute Gasteiger partial charge is 0.289 e. The van der Waals surface area contributed by atoms with Gasteiger partial charge in [-0.15, -0.1) is 0 Å². The molecule has 0 atom stereocenters. The molecule has 3 rings (SSSR count). The summed E-state index contributed by atoms with van der Waals surface area (Å²) < 4.78 is 0. The number of hydrogen-bond donors (Lipinski definition) is 0. The monoisotopic (exact) mass is 306 g/mol. The Kier molecular flexibility index (Phi) is 3.33. The van der Waals surface area contributed by atoms with Crippen molar-refractivity contribution in [2.45, 2.75) is 48.5 Å². The molecule has 0 heterocycles. The minimum absolute atomic E-state index is 0.00102. The molecule has 0 aliphatic heterocycles. The van der Waals surface area contributed by atoms with Gasteiger partial charge < -0.3 is 0 Å². The molecule has 1 aliphatic rings. The van der Waals surface area contributed by atoms with E-state index in [9.17, 15) is 9.59 Å². The number of ketones is 2. The molecule has 0 amide bonds. The predicted octanol–water partition coefficient (Wildman–Crippen LogP) is 4.62. The van der Waals surface area contributed by atoms with Gasteiger partial charge in [-0.1, -0.05) is 0 Å². The lowest BCUT2D eigenvalue weighted by atomic mass is 9.75. The van der Waals surface area contributed by atoms with Crippen LogP contribution in [0.3, 0.4) is 0 Å². The summed E-state index contributed by atoms with van der Waals surface area (Å²) in [6.45, 7) is 13.9. The summed E-state index contributed by atoms with van der Waals surface area (Å²) in [5.41, 5.74) is 9.52. The first-order valence-electron chi connectivity index (χ1n) is 7.99. The van der Waals surface area contributed by atoms with E-state index in [-0.39, 0.29) is 11.6 Å². The molecule has 0 saturated carbocycles. The van der Waals surface area contributed by atoms with Gasteiger partial charge in [0, 0.05) is 22.3 Å². The highest BCUT2D eigenvalue weighted by Gasteiger charge is 2.35. The third kappa shape index (κ3) is 1.87. The zero-order valence-corrected chi connectivity index (χ0v) is 14.9. The van der Waals surface area contributed by atoms with Crippen molar-refractivity contribution in [1.29, 1.82) is 0 Å². The van der Waals surface area contributed by atoms with Gasteiger partial charge in [-0.3, -0.25) is 9.59 Å². The molecule has 0 spiro atoms. The van der Waals surface area contributed by atoms with Crippen molar-refractivity contribution in [3.63, 3.8) is 0 Å². The van der Waals surface area contributed by atoms with Crippen LogP contribution in [0.4, 0.5) is 0 Å². The van der Waals surface area contributed by atoms with Crippen molar-refractivity contribution in [2.24, 2.45) is 0 Å². The van der Waals surface area contributed by atoms with Crippen molar-refractivity contribution in [3.05, 3.63) is 67.3 Å². The lowest BCUT2D eigenvalue weighted by Crippen LogP contribution is -2.26. The third-order valence-electron chi connectivity index (χ3n) is 5.77. The quantitative estimate of drug-likeness (QED) is 0.607. The molecule has 0 fully saturated rings. The number of hydrogen-bond acceptors (Lipinski definition) is 2. The summed E-state index contributed by atoms with van der Waals surface area (Å²) in [7, 11) is 0. The van der Waals surface area contributed by atoms with Crippen LogP contribution < -0.4 is 0 Å². The third-order valence-corrected chi connectivity index (χ3v) is 5.77. The molecule has 0 aromatic heterocycles. The number of benzene rings is 2. The van der Waals surface area contributed by atoms with Crippen LogP contribution in [0.2, 0.25) is 0 Å². The Labute approximate surface area is 137 Å². The highest BCUT2D eigenvalue weighted by molar-refractivity contribution is 6.30. The second-order valence-electron chi connectivity index (χ2n) is 6.77. The van der Waals surface area contributed by atoms with Crippen LogP contribution in [0.25, 0.3) is 0 Å². The zero-order valence-electron chi connectivity index (χ0n) is 14.9. The normalized spacial score (nSPS) is 13.2. The second kappa shape index (κ2) is 4.89. The second-order valence-corrected chi connectivity index (χ2v) is 6.77. The van der Waals surface area contributed by atoms with E-state index >= 15 is 0 Å².